The molecule has 5 nitrogen and oxygen atoms in total. The van der Waals surface area contributed by atoms with E-state index in [0.717, 1.165) is 25.1 Å². The summed E-state index contributed by atoms with van der Waals surface area (Å²) in [7, 11) is 5.73. The van der Waals surface area contributed by atoms with Gasteiger partial charge in [0.1, 0.15) is 0 Å². The molecule has 0 aliphatic carbocycles. The average molecular weight is 681 g/mol. The van der Waals surface area contributed by atoms with Gasteiger partial charge in [0.05, 0.1) is 19.3 Å². The molecule has 222 valence electrons. The molecule has 0 aliphatic heterocycles. The molecule has 2 N–H and O–H groups in total. The fourth-order valence-electron chi connectivity index (χ4n) is 3.34. The third kappa shape index (κ3) is 17.6. The number of carbonyl (C=O) groups excluding carboxylic acids is 2. The molecule has 4 aromatic rings. The van der Waals surface area contributed by atoms with E-state index >= 15 is 0 Å². The van der Waals surface area contributed by atoms with Crippen LogP contribution in [0.15, 0.2) is 121 Å². The second-order valence-corrected chi connectivity index (χ2v) is 10.3. The molecule has 4 aromatic carbocycles. The number of halogens is 1. The first-order chi connectivity index (χ1) is 20.2. The Morgan fingerprint density at radius 1 is 0.805 bits per heavy atom. The second kappa shape index (κ2) is 27.5. The summed E-state index contributed by atoms with van der Waals surface area (Å²) in [6, 6.07) is 40.1. The average Bonchev–Trinajstić information content (AvgIpc) is 3.08. The number of hydrogen-bond donors (Lipinski definition) is 2. The number of nitrogens with one attached hydrogen (secondary N) is 1. The summed E-state index contributed by atoms with van der Waals surface area (Å²) >= 11 is 1.62. The fourth-order valence-corrected chi connectivity index (χ4v) is 5.60. The van der Waals surface area contributed by atoms with Crippen molar-refractivity contribution in [3.05, 3.63) is 139 Å². The Balaban J connectivity index is 0.000000610. The van der Waals surface area contributed by atoms with Crippen molar-refractivity contribution in [2.45, 2.75) is 13.0 Å². The third-order valence-corrected chi connectivity index (χ3v) is 7.74. The van der Waals surface area contributed by atoms with Gasteiger partial charge in [-0.05, 0) is 55.5 Å². The van der Waals surface area contributed by atoms with Crippen molar-refractivity contribution < 1.29 is 36.7 Å². The molecule has 0 unspecified atom stereocenters. The van der Waals surface area contributed by atoms with Crippen molar-refractivity contribution in [2.75, 3.05) is 26.4 Å². The van der Waals surface area contributed by atoms with Gasteiger partial charge in [0.2, 0.25) is 0 Å². The van der Waals surface area contributed by atoms with E-state index in [2.05, 4.69) is 94.1 Å². The maximum absolute atomic E-state index is 10.8. The van der Waals surface area contributed by atoms with Crippen LogP contribution in [0, 0.1) is 6.92 Å². The number of aliphatic hydroxyl groups excluding tert-OH is 1. The number of ether oxygens (including phenoxy) is 1. The number of esters is 1. The quantitative estimate of drug-likeness (QED) is 0.0590. The van der Waals surface area contributed by atoms with Crippen LogP contribution in [-0.4, -0.2) is 44.2 Å². The van der Waals surface area contributed by atoms with Gasteiger partial charge in [-0.25, -0.2) is 4.79 Å². The molecule has 0 atom stereocenters. The molecule has 0 aliphatic rings. The second-order valence-electron chi connectivity index (χ2n) is 7.93. The van der Waals surface area contributed by atoms with Crippen LogP contribution in [0.3, 0.4) is 0 Å². The van der Waals surface area contributed by atoms with E-state index in [4.69, 9.17) is 9.90 Å². The summed E-state index contributed by atoms with van der Waals surface area (Å²) in [5.74, 6) is -0.291. The standard InChI is InChI=1S/C17H21NP.C8H8O2.C7H8O.CHO.ClH.Ru.H/c1-2-13-18-14-15-19(16-9-5-3-6-10-16)17-11-7-4-8-12-17;1-10-8(9)7-5-3-2-4-6-7;8-6-7-4-2-1-3-5-7;1-2;;;/h3-12,18H,1-2,13-15H2;2-6H,1H3;1-5,8H,6H2;1H;1H;;/q-1;;;-1;;+1;/p-1. The van der Waals surface area contributed by atoms with E-state index in [1.165, 1.54) is 23.9 Å². The Morgan fingerprint density at radius 3 is 1.59 bits per heavy atom. The summed E-state index contributed by atoms with van der Waals surface area (Å²) in [6.45, 7) is 9.32. The van der Waals surface area contributed by atoms with Gasteiger partial charge in [-0.1, -0.05) is 109 Å². The van der Waals surface area contributed by atoms with Gasteiger partial charge in [-0.3, -0.25) is 6.79 Å². The maximum atomic E-state index is 10.8. The van der Waals surface area contributed by atoms with Gasteiger partial charge < -0.3 is 26.9 Å². The van der Waals surface area contributed by atoms with Crippen LogP contribution in [-0.2, 0) is 33.4 Å². The Kier molecular flexibility index (Phi) is 25.6. The zero-order chi connectivity index (χ0) is 30.6. The molecule has 0 heterocycles. The molecule has 0 fully saturated rings. The van der Waals surface area contributed by atoms with Crippen molar-refractivity contribution in [2.24, 2.45) is 0 Å². The number of rotatable bonds is 9. The van der Waals surface area contributed by atoms with Gasteiger partial charge in [-0.15, -0.1) is 0 Å². The zero-order valence-electron chi connectivity index (χ0n) is 23.2. The van der Waals surface area contributed by atoms with Gasteiger partial charge >= 0.3 is 33.0 Å². The molecule has 8 heteroatoms. The number of carbonyl (C=O) groups is 1. The molecule has 41 heavy (non-hydrogen) atoms. The van der Waals surface area contributed by atoms with E-state index < -0.39 is 0 Å². The molecule has 0 spiro atoms. The summed E-state index contributed by atoms with van der Waals surface area (Å²) in [5, 5.41) is 14.9. The van der Waals surface area contributed by atoms with Crippen molar-refractivity contribution in [1.82, 2.24) is 5.32 Å². The van der Waals surface area contributed by atoms with Crippen LogP contribution in [0.5, 0.6) is 0 Å². The first-order valence-corrected chi connectivity index (χ1v) is 16.6. The Morgan fingerprint density at radius 2 is 1.22 bits per heavy atom. The third-order valence-electron chi connectivity index (χ3n) is 5.22. The minimum atomic E-state index is -0.291. The number of methoxy groups -OCH3 is 1. The van der Waals surface area contributed by atoms with E-state index in [9.17, 15) is 4.79 Å². The van der Waals surface area contributed by atoms with Crippen LogP contribution in [0.25, 0.3) is 0 Å². The van der Waals surface area contributed by atoms with E-state index in [-0.39, 0.29) is 20.5 Å². The molecule has 0 saturated heterocycles. The Labute approximate surface area is 260 Å². The summed E-state index contributed by atoms with van der Waals surface area (Å²) in [4.78, 5) is 18.5. The fraction of sp³-hybridized carbons (Fsp3) is 0.182. The summed E-state index contributed by atoms with van der Waals surface area (Å²) in [5.41, 5.74) is 1.55. The molecule has 0 saturated carbocycles. The molecule has 0 radical (unpaired) electrons. The predicted octanol–water partition coefficient (Wildman–Crippen LogP) is 5.73. The van der Waals surface area contributed by atoms with Crippen molar-refractivity contribution in [3.63, 3.8) is 0 Å². The molecule has 0 amide bonds. The van der Waals surface area contributed by atoms with Crippen LogP contribution >= 0.6 is 17.6 Å². The number of aliphatic hydroxyl groups is 1. The van der Waals surface area contributed by atoms with E-state index in [1.807, 2.05) is 36.4 Å². The predicted molar refractivity (Wildman–Crippen MR) is 171 cm³/mol. The first-order valence-electron chi connectivity index (χ1n) is 12.7. The van der Waals surface area contributed by atoms with Crippen LogP contribution < -0.4 is 15.9 Å². The van der Waals surface area contributed by atoms with Gasteiger partial charge in [0.25, 0.3) is 0 Å². The van der Waals surface area contributed by atoms with E-state index in [1.54, 1.807) is 41.6 Å². The number of hydrogen-bond acceptors (Lipinski definition) is 5. The monoisotopic (exact) mass is 681 g/mol. The molecule has 4 rings (SSSR count). The molecular formula is C33H39ClNO4PRu-2. The zero-order valence-corrected chi connectivity index (χ0v) is 26.8. The minimum absolute atomic E-state index is 0.140. The number of benzene rings is 4. The van der Waals surface area contributed by atoms with Gasteiger partial charge in [-0.2, -0.15) is 6.42 Å². The summed E-state index contributed by atoms with van der Waals surface area (Å²) in [6.07, 6.45) is 2.14. The molecule has 0 bridgehead atoms. The normalized spacial score (nSPS) is 9.24. The van der Waals surface area contributed by atoms with Crippen molar-refractivity contribution in [1.29, 1.82) is 0 Å². The van der Waals surface area contributed by atoms with Crippen LogP contribution in [0.4, 0.5) is 0 Å². The topological polar surface area (TPSA) is 75.6 Å². The van der Waals surface area contributed by atoms with Crippen LogP contribution in [0.1, 0.15) is 22.3 Å². The van der Waals surface area contributed by atoms with Crippen LogP contribution in [0.2, 0.25) is 0 Å². The Bertz CT molecular complexity index is 1090. The van der Waals surface area contributed by atoms with Gasteiger partial charge in [0, 0.05) is 0 Å². The SMILES string of the molecule is COC(=O)c1ccccc1.OCc1ccccc1.[CH-]=O.[CH2-]CCNCCP(c1ccccc1)c1ccccc1.[Cl][RuH]. The molecular weight excluding hydrogens is 642 g/mol. The van der Waals surface area contributed by atoms with E-state index in [0.29, 0.717) is 5.56 Å². The van der Waals surface area contributed by atoms with Gasteiger partial charge in [0.15, 0.2) is 0 Å². The van der Waals surface area contributed by atoms with Crippen molar-refractivity contribution >= 4 is 41.0 Å². The molecule has 0 aromatic heterocycles. The van der Waals surface area contributed by atoms with Crippen molar-refractivity contribution in [3.8, 4) is 0 Å². The summed E-state index contributed by atoms with van der Waals surface area (Å²) < 4.78 is 4.50. The first kappa shape index (κ1) is 38.3. The Hall–Kier alpha value is -2.72.